The molecular formula is C18H18F3N3O2S. The van der Waals surface area contributed by atoms with Crippen molar-refractivity contribution in [3.05, 3.63) is 53.2 Å². The van der Waals surface area contributed by atoms with Crippen molar-refractivity contribution < 1.29 is 22.8 Å². The van der Waals surface area contributed by atoms with Crippen molar-refractivity contribution in [2.24, 2.45) is 0 Å². The minimum atomic E-state index is -4.47. The number of nitrogens with one attached hydrogen (secondary N) is 2. The molecule has 27 heavy (non-hydrogen) atoms. The van der Waals surface area contributed by atoms with Crippen LogP contribution in [0.5, 0.6) is 0 Å². The molecule has 0 bridgehead atoms. The first-order valence-corrected chi connectivity index (χ1v) is 8.83. The molecule has 3 amide bonds. The quantitative estimate of drug-likeness (QED) is 0.743. The number of alkyl halides is 3. The van der Waals surface area contributed by atoms with Crippen LogP contribution >= 0.6 is 11.8 Å². The van der Waals surface area contributed by atoms with E-state index in [-0.39, 0.29) is 5.03 Å². The highest BCUT2D eigenvalue weighted by Crippen LogP contribution is 2.30. The SMILES string of the molecule is Cc1ccc(NC(=O)NC(=O)[C@H](C)Sc2ccc(C(F)(F)F)cn2)c(C)c1. The van der Waals surface area contributed by atoms with Crippen LogP contribution in [-0.2, 0) is 11.0 Å². The van der Waals surface area contributed by atoms with Crippen LogP contribution in [0.3, 0.4) is 0 Å². The number of aromatic nitrogens is 1. The molecule has 0 aliphatic rings. The molecule has 0 aliphatic heterocycles. The van der Waals surface area contributed by atoms with Crippen LogP contribution < -0.4 is 10.6 Å². The molecule has 5 nitrogen and oxygen atoms in total. The van der Waals surface area contributed by atoms with Crippen molar-refractivity contribution in [2.45, 2.75) is 37.2 Å². The van der Waals surface area contributed by atoms with Crippen molar-refractivity contribution in [3.8, 4) is 0 Å². The van der Waals surface area contributed by atoms with Gasteiger partial charge in [-0.15, -0.1) is 0 Å². The number of anilines is 1. The number of amides is 3. The standard InChI is InChI=1S/C18H18F3N3O2S/c1-10-4-6-14(11(2)8-10)23-17(26)24-16(25)12(3)27-15-7-5-13(9-22-15)18(19,20)21/h4-9,12H,1-3H3,(H2,23,24,25,26)/t12-/m0/s1. The molecule has 0 spiro atoms. The van der Waals surface area contributed by atoms with Crippen LogP contribution in [0.1, 0.15) is 23.6 Å². The predicted molar refractivity (Wildman–Crippen MR) is 97.6 cm³/mol. The van der Waals surface area contributed by atoms with Gasteiger partial charge in [0.25, 0.3) is 0 Å². The maximum Gasteiger partial charge on any atom is 0.417 e. The average molecular weight is 397 g/mol. The van der Waals surface area contributed by atoms with Gasteiger partial charge in [-0.05, 0) is 44.5 Å². The fourth-order valence-corrected chi connectivity index (χ4v) is 2.96. The second-order valence-electron chi connectivity index (χ2n) is 5.90. The van der Waals surface area contributed by atoms with E-state index in [2.05, 4.69) is 15.6 Å². The summed E-state index contributed by atoms with van der Waals surface area (Å²) >= 11 is 0.954. The summed E-state index contributed by atoms with van der Waals surface area (Å²) in [5.74, 6) is -0.580. The van der Waals surface area contributed by atoms with E-state index in [0.717, 1.165) is 29.0 Å². The molecule has 9 heteroatoms. The third-order valence-electron chi connectivity index (χ3n) is 3.60. The van der Waals surface area contributed by atoms with Crippen molar-refractivity contribution in [2.75, 3.05) is 5.32 Å². The molecule has 144 valence electrons. The van der Waals surface area contributed by atoms with Gasteiger partial charge in [0.05, 0.1) is 15.8 Å². The van der Waals surface area contributed by atoms with E-state index in [0.29, 0.717) is 11.9 Å². The summed E-state index contributed by atoms with van der Waals surface area (Å²) in [6.07, 6.45) is -3.76. The minimum Gasteiger partial charge on any atom is -0.307 e. The Bertz CT molecular complexity index is 839. The summed E-state index contributed by atoms with van der Waals surface area (Å²) in [7, 11) is 0. The number of aryl methyl sites for hydroxylation is 2. The summed E-state index contributed by atoms with van der Waals surface area (Å²) in [6.45, 7) is 5.29. The zero-order valence-corrected chi connectivity index (χ0v) is 15.7. The van der Waals surface area contributed by atoms with Crippen molar-refractivity contribution in [1.82, 2.24) is 10.3 Å². The lowest BCUT2D eigenvalue weighted by Gasteiger charge is -2.13. The molecule has 2 N–H and O–H groups in total. The zero-order chi connectivity index (χ0) is 20.2. The van der Waals surface area contributed by atoms with Crippen LogP contribution in [-0.4, -0.2) is 22.2 Å². The number of thioether (sulfide) groups is 1. The maximum absolute atomic E-state index is 12.5. The molecule has 0 radical (unpaired) electrons. The Balaban J connectivity index is 1.92. The number of carbonyl (C=O) groups is 2. The van der Waals surface area contributed by atoms with Gasteiger partial charge >= 0.3 is 12.2 Å². The van der Waals surface area contributed by atoms with Crippen molar-refractivity contribution in [1.29, 1.82) is 0 Å². The maximum atomic E-state index is 12.5. The predicted octanol–water partition coefficient (Wildman–Crippen LogP) is 4.55. The lowest BCUT2D eigenvalue weighted by atomic mass is 10.1. The van der Waals surface area contributed by atoms with Gasteiger partial charge in [0.2, 0.25) is 5.91 Å². The number of carbonyl (C=O) groups excluding carboxylic acids is 2. The van der Waals surface area contributed by atoms with Crippen LogP contribution in [0.15, 0.2) is 41.6 Å². The topological polar surface area (TPSA) is 71.1 Å². The Kier molecular flexibility index (Phi) is 6.48. The molecule has 0 saturated carbocycles. The molecule has 2 rings (SSSR count). The number of hydrogen-bond donors (Lipinski definition) is 2. The molecule has 0 saturated heterocycles. The first kappa shape index (κ1) is 20.8. The number of pyridine rings is 1. The molecule has 1 atom stereocenters. The van der Waals surface area contributed by atoms with Gasteiger partial charge in [-0.2, -0.15) is 13.2 Å². The van der Waals surface area contributed by atoms with Gasteiger partial charge in [-0.25, -0.2) is 9.78 Å². The molecule has 1 aromatic carbocycles. The second kappa shape index (κ2) is 8.43. The first-order chi connectivity index (χ1) is 12.6. The molecule has 1 heterocycles. The van der Waals surface area contributed by atoms with E-state index in [1.807, 2.05) is 26.0 Å². The summed E-state index contributed by atoms with van der Waals surface area (Å²) < 4.78 is 37.6. The minimum absolute atomic E-state index is 0.250. The largest absolute Gasteiger partial charge is 0.417 e. The Morgan fingerprint density at radius 1 is 1.15 bits per heavy atom. The highest BCUT2D eigenvalue weighted by molar-refractivity contribution is 8.00. The molecule has 0 fully saturated rings. The number of rotatable bonds is 4. The van der Waals surface area contributed by atoms with Gasteiger partial charge < -0.3 is 5.32 Å². The number of benzene rings is 1. The van der Waals surface area contributed by atoms with E-state index >= 15 is 0 Å². The van der Waals surface area contributed by atoms with Crippen molar-refractivity contribution in [3.63, 3.8) is 0 Å². The monoisotopic (exact) mass is 397 g/mol. The Hall–Kier alpha value is -2.55. The van der Waals surface area contributed by atoms with Crippen LogP contribution in [0.4, 0.5) is 23.7 Å². The average Bonchev–Trinajstić information content (AvgIpc) is 2.57. The van der Waals surface area contributed by atoms with Gasteiger partial charge in [0, 0.05) is 11.9 Å². The van der Waals surface area contributed by atoms with Gasteiger partial charge in [-0.1, -0.05) is 29.5 Å². The Labute approximate surface area is 158 Å². The number of urea groups is 1. The second-order valence-corrected chi connectivity index (χ2v) is 7.27. The van der Waals surface area contributed by atoms with Crippen LogP contribution in [0, 0.1) is 13.8 Å². The lowest BCUT2D eigenvalue weighted by Crippen LogP contribution is -2.39. The van der Waals surface area contributed by atoms with E-state index in [4.69, 9.17) is 0 Å². The first-order valence-electron chi connectivity index (χ1n) is 7.95. The summed E-state index contributed by atoms with van der Waals surface area (Å²) in [5, 5.41) is 4.33. The molecule has 2 aromatic rings. The van der Waals surface area contributed by atoms with E-state index in [1.165, 1.54) is 13.0 Å². The van der Waals surface area contributed by atoms with Crippen LogP contribution in [0.2, 0.25) is 0 Å². The van der Waals surface area contributed by atoms with Gasteiger partial charge in [0.15, 0.2) is 0 Å². The summed E-state index contributed by atoms with van der Waals surface area (Å²) in [5.41, 5.74) is 1.62. The summed E-state index contributed by atoms with van der Waals surface area (Å²) in [4.78, 5) is 27.8. The normalized spacial score (nSPS) is 12.4. The van der Waals surface area contributed by atoms with Gasteiger partial charge in [-0.3, -0.25) is 10.1 Å². The summed E-state index contributed by atoms with van der Waals surface area (Å²) in [6, 6.07) is 6.87. The van der Waals surface area contributed by atoms with Crippen molar-refractivity contribution >= 4 is 29.4 Å². The number of halogens is 3. The number of imide groups is 1. The highest BCUT2D eigenvalue weighted by Gasteiger charge is 2.30. The van der Waals surface area contributed by atoms with E-state index in [9.17, 15) is 22.8 Å². The fraction of sp³-hybridized carbons (Fsp3) is 0.278. The zero-order valence-electron chi connectivity index (χ0n) is 14.8. The lowest BCUT2D eigenvalue weighted by molar-refractivity contribution is -0.137. The highest BCUT2D eigenvalue weighted by atomic mass is 32.2. The fourth-order valence-electron chi connectivity index (χ4n) is 2.17. The van der Waals surface area contributed by atoms with E-state index in [1.54, 1.807) is 6.07 Å². The molecule has 1 aromatic heterocycles. The Morgan fingerprint density at radius 2 is 1.85 bits per heavy atom. The molecular weight excluding hydrogens is 379 g/mol. The number of nitrogens with zero attached hydrogens (tertiary/aromatic N) is 1. The number of hydrogen-bond acceptors (Lipinski definition) is 4. The van der Waals surface area contributed by atoms with Gasteiger partial charge in [0.1, 0.15) is 0 Å². The Morgan fingerprint density at radius 3 is 2.41 bits per heavy atom. The molecule has 0 unspecified atom stereocenters. The molecule has 0 aliphatic carbocycles. The third kappa shape index (κ3) is 5.99. The van der Waals surface area contributed by atoms with E-state index < -0.39 is 28.9 Å². The third-order valence-corrected chi connectivity index (χ3v) is 4.65. The van der Waals surface area contributed by atoms with Crippen LogP contribution in [0.25, 0.3) is 0 Å². The smallest absolute Gasteiger partial charge is 0.307 e.